The van der Waals surface area contributed by atoms with Crippen LogP contribution in [0.25, 0.3) is 0 Å². The highest BCUT2D eigenvalue weighted by Crippen LogP contribution is 2.16. The maximum absolute atomic E-state index is 11.6. The van der Waals surface area contributed by atoms with Gasteiger partial charge in [0.25, 0.3) is 0 Å². The summed E-state index contributed by atoms with van der Waals surface area (Å²) < 4.78 is 28.2. The van der Waals surface area contributed by atoms with Crippen molar-refractivity contribution in [1.82, 2.24) is 5.16 Å². The van der Waals surface area contributed by atoms with Gasteiger partial charge in [0.15, 0.2) is 9.84 Å². The number of nitrogens with zero attached hydrogens (tertiary/aromatic N) is 1. The Balaban J connectivity index is 2.77. The third kappa shape index (κ3) is 3.32. The molecule has 0 amide bonds. The number of hydrogen-bond donors (Lipinski definition) is 1. The normalized spacial score (nSPS) is 11.9. The van der Waals surface area contributed by atoms with Crippen LogP contribution in [0.3, 0.4) is 0 Å². The molecule has 0 atom stereocenters. The van der Waals surface area contributed by atoms with E-state index in [4.69, 9.17) is 10.3 Å². The largest absolute Gasteiger partial charge is 0.361 e. The van der Waals surface area contributed by atoms with Crippen molar-refractivity contribution in [3.05, 3.63) is 17.0 Å². The van der Waals surface area contributed by atoms with E-state index in [2.05, 4.69) is 5.16 Å². The molecule has 0 aliphatic carbocycles. The van der Waals surface area contributed by atoms with Gasteiger partial charge in [-0.05, 0) is 26.8 Å². The number of aryl methyl sites for hydroxylation is 2. The summed E-state index contributed by atoms with van der Waals surface area (Å²) in [4.78, 5) is 0. The number of hydrogen-bond acceptors (Lipinski definition) is 5. The van der Waals surface area contributed by atoms with Crippen LogP contribution in [0.1, 0.15) is 23.4 Å². The molecule has 0 bridgehead atoms. The van der Waals surface area contributed by atoms with Crippen LogP contribution in [-0.4, -0.2) is 25.9 Å². The quantitative estimate of drug-likeness (QED) is 0.801. The van der Waals surface area contributed by atoms with Crippen molar-refractivity contribution in [2.45, 2.75) is 26.0 Å². The van der Waals surface area contributed by atoms with E-state index in [0.29, 0.717) is 30.0 Å². The van der Waals surface area contributed by atoms with Gasteiger partial charge in [-0.1, -0.05) is 5.16 Å². The minimum absolute atomic E-state index is 0.00579. The van der Waals surface area contributed by atoms with E-state index in [0.717, 1.165) is 0 Å². The highest BCUT2D eigenvalue weighted by molar-refractivity contribution is 7.90. The Labute approximate surface area is 89.6 Å². The summed E-state index contributed by atoms with van der Waals surface area (Å²) in [5.74, 6) is 0.686. The Morgan fingerprint density at radius 1 is 1.40 bits per heavy atom. The molecule has 0 saturated heterocycles. The first kappa shape index (κ1) is 12.2. The standard InChI is InChI=1S/C9H16N2O3S/c1-7-9(8(2)14-11-7)6-15(12,13)5-3-4-10/h3-6,10H2,1-2H3. The van der Waals surface area contributed by atoms with Gasteiger partial charge in [-0.25, -0.2) is 8.42 Å². The number of aromatic nitrogens is 1. The lowest BCUT2D eigenvalue weighted by Gasteiger charge is -2.02. The molecule has 1 aromatic rings. The van der Waals surface area contributed by atoms with Gasteiger partial charge in [-0.3, -0.25) is 0 Å². The smallest absolute Gasteiger partial charge is 0.154 e. The molecule has 0 aliphatic heterocycles. The minimum Gasteiger partial charge on any atom is -0.361 e. The fraction of sp³-hybridized carbons (Fsp3) is 0.667. The second-order valence-electron chi connectivity index (χ2n) is 3.54. The molecule has 0 spiro atoms. The lowest BCUT2D eigenvalue weighted by atomic mass is 10.2. The molecule has 1 aromatic heterocycles. The maximum Gasteiger partial charge on any atom is 0.154 e. The van der Waals surface area contributed by atoms with Crippen molar-refractivity contribution >= 4 is 9.84 Å². The molecule has 0 fully saturated rings. The van der Waals surface area contributed by atoms with Crippen molar-refractivity contribution in [2.75, 3.05) is 12.3 Å². The van der Waals surface area contributed by atoms with Crippen molar-refractivity contribution in [3.63, 3.8) is 0 Å². The van der Waals surface area contributed by atoms with Crippen molar-refractivity contribution in [1.29, 1.82) is 0 Å². The summed E-state index contributed by atoms with van der Waals surface area (Å²) in [6.07, 6.45) is 0.492. The van der Waals surface area contributed by atoms with E-state index in [1.807, 2.05) is 0 Å². The van der Waals surface area contributed by atoms with Crippen LogP contribution in [0.15, 0.2) is 4.52 Å². The van der Waals surface area contributed by atoms with E-state index in [9.17, 15) is 8.42 Å². The third-order valence-electron chi connectivity index (χ3n) is 2.20. The Morgan fingerprint density at radius 2 is 2.07 bits per heavy atom. The van der Waals surface area contributed by atoms with E-state index in [1.54, 1.807) is 13.8 Å². The van der Waals surface area contributed by atoms with Gasteiger partial charge < -0.3 is 10.3 Å². The number of nitrogens with two attached hydrogens (primary N) is 1. The monoisotopic (exact) mass is 232 g/mol. The van der Waals surface area contributed by atoms with Crippen molar-refractivity contribution in [2.24, 2.45) is 5.73 Å². The van der Waals surface area contributed by atoms with Crippen LogP contribution in [0.4, 0.5) is 0 Å². The molecular formula is C9H16N2O3S. The first-order chi connectivity index (χ1) is 6.96. The second kappa shape index (κ2) is 4.76. The molecule has 0 aromatic carbocycles. The van der Waals surface area contributed by atoms with Crippen LogP contribution >= 0.6 is 0 Å². The van der Waals surface area contributed by atoms with E-state index >= 15 is 0 Å². The second-order valence-corrected chi connectivity index (χ2v) is 5.72. The predicted molar refractivity (Wildman–Crippen MR) is 57.1 cm³/mol. The van der Waals surface area contributed by atoms with Gasteiger partial charge in [0.1, 0.15) is 5.76 Å². The maximum atomic E-state index is 11.6. The average Bonchev–Trinajstić information content (AvgIpc) is 2.46. The van der Waals surface area contributed by atoms with E-state index in [1.165, 1.54) is 0 Å². The SMILES string of the molecule is Cc1noc(C)c1CS(=O)(=O)CCCN. The van der Waals surface area contributed by atoms with Crippen LogP contribution in [0.5, 0.6) is 0 Å². The van der Waals surface area contributed by atoms with Gasteiger partial charge >= 0.3 is 0 Å². The predicted octanol–water partition coefficient (Wildman–Crippen LogP) is 0.555. The minimum atomic E-state index is -3.09. The van der Waals surface area contributed by atoms with Crippen LogP contribution < -0.4 is 5.73 Å². The Kier molecular flexibility index (Phi) is 3.87. The van der Waals surface area contributed by atoms with Crippen LogP contribution in [0.2, 0.25) is 0 Å². The molecule has 0 unspecified atom stereocenters. The highest BCUT2D eigenvalue weighted by Gasteiger charge is 2.17. The lowest BCUT2D eigenvalue weighted by Crippen LogP contribution is -2.13. The molecule has 2 N–H and O–H groups in total. The Bertz CT molecular complexity index is 403. The summed E-state index contributed by atoms with van der Waals surface area (Å²) in [6.45, 7) is 3.85. The zero-order chi connectivity index (χ0) is 11.5. The zero-order valence-electron chi connectivity index (χ0n) is 8.99. The molecule has 6 heteroatoms. The van der Waals surface area contributed by atoms with Crippen molar-refractivity contribution in [3.8, 4) is 0 Å². The molecule has 86 valence electrons. The Morgan fingerprint density at radius 3 is 2.53 bits per heavy atom. The molecule has 0 aliphatic rings. The first-order valence-electron chi connectivity index (χ1n) is 4.78. The molecule has 5 nitrogen and oxygen atoms in total. The summed E-state index contributed by atoms with van der Waals surface area (Å²) in [5.41, 5.74) is 6.59. The summed E-state index contributed by atoms with van der Waals surface area (Å²) >= 11 is 0. The highest BCUT2D eigenvalue weighted by atomic mass is 32.2. The van der Waals surface area contributed by atoms with E-state index < -0.39 is 9.84 Å². The Hall–Kier alpha value is -0.880. The lowest BCUT2D eigenvalue weighted by molar-refractivity contribution is 0.392. The molecule has 0 radical (unpaired) electrons. The fourth-order valence-electron chi connectivity index (χ4n) is 1.30. The van der Waals surface area contributed by atoms with Gasteiger partial charge in [-0.2, -0.15) is 0 Å². The molecule has 1 heterocycles. The summed E-state index contributed by atoms with van der Waals surface area (Å²) in [7, 11) is -3.09. The average molecular weight is 232 g/mol. The number of sulfone groups is 1. The first-order valence-corrected chi connectivity index (χ1v) is 6.60. The van der Waals surface area contributed by atoms with Gasteiger partial charge in [0.2, 0.25) is 0 Å². The van der Waals surface area contributed by atoms with Crippen LogP contribution in [0, 0.1) is 13.8 Å². The molecule has 0 saturated carbocycles. The molecular weight excluding hydrogens is 216 g/mol. The fourth-order valence-corrected chi connectivity index (χ4v) is 2.91. The number of rotatable bonds is 5. The van der Waals surface area contributed by atoms with E-state index in [-0.39, 0.29) is 11.5 Å². The van der Waals surface area contributed by atoms with Crippen LogP contribution in [-0.2, 0) is 15.6 Å². The molecule has 15 heavy (non-hydrogen) atoms. The zero-order valence-corrected chi connectivity index (χ0v) is 9.80. The van der Waals surface area contributed by atoms with Gasteiger partial charge in [0.05, 0.1) is 17.2 Å². The topological polar surface area (TPSA) is 86.2 Å². The van der Waals surface area contributed by atoms with Crippen molar-refractivity contribution < 1.29 is 12.9 Å². The summed E-state index contributed by atoms with van der Waals surface area (Å²) in [6, 6.07) is 0. The molecule has 1 rings (SSSR count). The van der Waals surface area contributed by atoms with Gasteiger partial charge in [-0.15, -0.1) is 0 Å². The third-order valence-corrected chi connectivity index (χ3v) is 3.84. The van der Waals surface area contributed by atoms with Gasteiger partial charge in [0, 0.05) is 5.56 Å². The summed E-state index contributed by atoms with van der Waals surface area (Å²) in [5, 5.41) is 3.72.